The van der Waals surface area contributed by atoms with E-state index in [1.807, 2.05) is 0 Å². The van der Waals surface area contributed by atoms with Crippen molar-refractivity contribution in [3.05, 3.63) is 47.7 Å². The van der Waals surface area contributed by atoms with Gasteiger partial charge in [0.2, 0.25) is 5.96 Å². The monoisotopic (exact) mass is 272 g/mol. The number of rotatable bonds is 4. The van der Waals surface area contributed by atoms with Gasteiger partial charge in [-0.25, -0.2) is 4.79 Å². The molecule has 0 amide bonds. The van der Waals surface area contributed by atoms with E-state index >= 15 is 0 Å². The third-order valence-corrected chi connectivity index (χ3v) is 2.38. The molecule has 20 heavy (non-hydrogen) atoms. The third kappa shape index (κ3) is 3.22. The summed E-state index contributed by atoms with van der Waals surface area (Å²) in [4.78, 5) is 10.9. The highest BCUT2D eigenvalue weighted by Crippen LogP contribution is 2.22. The summed E-state index contributed by atoms with van der Waals surface area (Å²) < 4.78 is 5.49. The normalized spacial score (nSPS) is 10.6. The summed E-state index contributed by atoms with van der Waals surface area (Å²) in [6.07, 6.45) is 1.35. The van der Waals surface area contributed by atoms with Crippen molar-refractivity contribution in [1.82, 2.24) is 0 Å². The van der Waals surface area contributed by atoms with Gasteiger partial charge in [-0.1, -0.05) is 12.1 Å². The SMILES string of the molecule is NC(N)=N/N=C\c1ccc(-c2cccc(C(=O)O)c2)o1. The van der Waals surface area contributed by atoms with Gasteiger partial charge in [0.25, 0.3) is 0 Å². The number of hydrogen-bond acceptors (Lipinski definition) is 4. The molecule has 0 radical (unpaired) electrons. The lowest BCUT2D eigenvalue weighted by Gasteiger charge is -1.98. The Morgan fingerprint density at radius 3 is 2.75 bits per heavy atom. The van der Waals surface area contributed by atoms with Crippen LogP contribution in [0, 0.1) is 0 Å². The van der Waals surface area contributed by atoms with E-state index in [0.29, 0.717) is 17.1 Å². The van der Waals surface area contributed by atoms with E-state index in [-0.39, 0.29) is 11.5 Å². The zero-order chi connectivity index (χ0) is 14.5. The Labute approximate surface area is 114 Å². The van der Waals surface area contributed by atoms with Gasteiger partial charge in [-0.15, -0.1) is 5.10 Å². The van der Waals surface area contributed by atoms with Crippen LogP contribution in [0.25, 0.3) is 11.3 Å². The molecule has 0 unspecified atom stereocenters. The van der Waals surface area contributed by atoms with Crippen molar-refractivity contribution < 1.29 is 14.3 Å². The Bertz CT molecular complexity index is 684. The summed E-state index contributed by atoms with van der Waals surface area (Å²) in [5.41, 5.74) is 11.1. The Hall–Kier alpha value is -3.09. The minimum Gasteiger partial charge on any atom is -0.478 e. The molecule has 7 nitrogen and oxygen atoms in total. The second-order valence-corrected chi connectivity index (χ2v) is 3.86. The number of guanidine groups is 1. The quantitative estimate of drug-likeness (QED) is 0.438. The van der Waals surface area contributed by atoms with Crippen LogP contribution in [0.4, 0.5) is 0 Å². The molecule has 1 heterocycles. The molecule has 0 saturated carbocycles. The molecule has 0 atom stereocenters. The van der Waals surface area contributed by atoms with Crippen LogP contribution in [0.3, 0.4) is 0 Å². The Kier molecular flexibility index (Phi) is 3.80. The Morgan fingerprint density at radius 1 is 1.25 bits per heavy atom. The molecule has 102 valence electrons. The number of aromatic carboxylic acids is 1. The fourth-order valence-corrected chi connectivity index (χ4v) is 1.54. The molecule has 1 aromatic carbocycles. The van der Waals surface area contributed by atoms with Crippen LogP contribution in [-0.2, 0) is 0 Å². The minimum absolute atomic E-state index is 0.151. The van der Waals surface area contributed by atoms with E-state index in [9.17, 15) is 4.79 Å². The number of carboxylic acid groups (broad SMARTS) is 1. The first-order chi connectivity index (χ1) is 9.56. The van der Waals surface area contributed by atoms with Gasteiger partial charge in [0.15, 0.2) is 0 Å². The number of benzene rings is 1. The average molecular weight is 272 g/mol. The molecule has 7 heteroatoms. The minimum atomic E-state index is -0.993. The summed E-state index contributed by atoms with van der Waals surface area (Å²) in [7, 11) is 0. The van der Waals surface area contributed by atoms with Crippen LogP contribution in [0.1, 0.15) is 16.1 Å². The molecule has 0 saturated heterocycles. The molecule has 0 aliphatic heterocycles. The van der Waals surface area contributed by atoms with Crippen LogP contribution >= 0.6 is 0 Å². The first kappa shape index (κ1) is 13.3. The zero-order valence-electron chi connectivity index (χ0n) is 10.4. The Balaban J connectivity index is 2.24. The first-order valence-electron chi connectivity index (χ1n) is 5.62. The molecule has 0 aliphatic carbocycles. The maximum atomic E-state index is 10.9. The van der Waals surface area contributed by atoms with E-state index in [2.05, 4.69) is 10.2 Å². The fraction of sp³-hybridized carbons (Fsp3) is 0. The van der Waals surface area contributed by atoms with Crippen molar-refractivity contribution in [1.29, 1.82) is 0 Å². The third-order valence-electron chi connectivity index (χ3n) is 2.38. The van der Waals surface area contributed by atoms with Crippen molar-refractivity contribution in [2.45, 2.75) is 0 Å². The van der Waals surface area contributed by atoms with Gasteiger partial charge in [-0.2, -0.15) is 5.10 Å². The summed E-state index contributed by atoms with van der Waals surface area (Å²) in [6.45, 7) is 0. The van der Waals surface area contributed by atoms with Crippen LogP contribution < -0.4 is 11.5 Å². The summed E-state index contributed by atoms with van der Waals surface area (Å²) in [5.74, 6) is -0.167. The highest BCUT2D eigenvalue weighted by Gasteiger charge is 2.07. The summed E-state index contributed by atoms with van der Waals surface area (Å²) in [6, 6.07) is 9.82. The van der Waals surface area contributed by atoms with Gasteiger partial charge in [0, 0.05) is 5.56 Å². The van der Waals surface area contributed by atoms with Gasteiger partial charge < -0.3 is 21.0 Å². The number of hydrogen-bond donors (Lipinski definition) is 3. The van der Waals surface area contributed by atoms with E-state index in [1.165, 1.54) is 18.3 Å². The maximum Gasteiger partial charge on any atom is 0.335 e. The number of nitrogens with two attached hydrogens (primary N) is 2. The molecule has 0 spiro atoms. The number of nitrogens with zero attached hydrogens (tertiary/aromatic N) is 2. The van der Waals surface area contributed by atoms with Gasteiger partial charge >= 0.3 is 5.97 Å². The molecular formula is C13H12N4O3. The standard InChI is InChI=1S/C13H12N4O3/c14-13(15)17-16-7-10-4-5-11(20-10)8-2-1-3-9(6-8)12(18)19/h1-7H,(H,18,19)(H4,14,15,17)/b16-7-. The van der Waals surface area contributed by atoms with E-state index in [1.54, 1.807) is 24.3 Å². The molecule has 0 fully saturated rings. The van der Waals surface area contributed by atoms with Gasteiger partial charge in [-0.3, -0.25) is 0 Å². The molecule has 1 aromatic heterocycles. The van der Waals surface area contributed by atoms with Gasteiger partial charge in [-0.05, 0) is 24.3 Å². The van der Waals surface area contributed by atoms with Crippen molar-refractivity contribution in [2.75, 3.05) is 0 Å². The zero-order valence-corrected chi connectivity index (χ0v) is 10.4. The van der Waals surface area contributed by atoms with E-state index < -0.39 is 5.97 Å². The van der Waals surface area contributed by atoms with Gasteiger partial charge in [0.1, 0.15) is 11.5 Å². The number of carboxylic acids is 1. The first-order valence-corrected chi connectivity index (χ1v) is 5.62. The maximum absolute atomic E-state index is 10.9. The topological polar surface area (TPSA) is 127 Å². The smallest absolute Gasteiger partial charge is 0.335 e. The van der Waals surface area contributed by atoms with E-state index in [0.717, 1.165) is 0 Å². The highest BCUT2D eigenvalue weighted by atomic mass is 16.4. The second-order valence-electron chi connectivity index (χ2n) is 3.86. The highest BCUT2D eigenvalue weighted by molar-refractivity contribution is 5.89. The summed E-state index contributed by atoms with van der Waals surface area (Å²) >= 11 is 0. The lowest BCUT2D eigenvalue weighted by Crippen LogP contribution is -2.21. The molecule has 2 rings (SSSR count). The molecular weight excluding hydrogens is 260 g/mol. The van der Waals surface area contributed by atoms with Crippen molar-refractivity contribution >= 4 is 18.1 Å². The predicted octanol–water partition coefficient (Wildman–Crippen LogP) is 1.25. The molecule has 0 bridgehead atoms. The largest absolute Gasteiger partial charge is 0.478 e. The van der Waals surface area contributed by atoms with E-state index in [4.69, 9.17) is 21.0 Å². The van der Waals surface area contributed by atoms with Crippen molar-refractivity contribution in [3.8, 4) is 11.3 Å². The summed E-state index contributed by atoms with van der Waals surface area (Å²) in [5, 5.41) is 16.0. The van der Waals surface area contributed by atoms with Crippen molar-refractivity contribution in [2.24, 2.45) is 21.7 Å². The van der Waals surface area contributed by atoms with Crippen molar-refractivity contribution in [3.63, 3.8) is 0 Å². The second kappa shape index (κ2) is 5.70. The number of furan rings is 1. The van der Waals surface area contributed by atoms with Crippen LogP contribution in [0.15, 0.2) is 51.0 Å². The lowest BCUT2D eigenvalue weighted by atomic mass is 10.1. The molecule has 2 aromatic rings. The average Bonchev–Trinajstić information content (AvgIpc) is 2.87. The molecule has 0 aliphatic rings. The Morgan fingerprint density at radius 2 is 2.05 bits per heavy atom. The van der Waals surface area contributed by atoms with Crippen LogP contribution in [-0.4, -0.2) is 23.2 Å². The van der Waals surface area contributed by atoms with Crippen LogP contribution in [0.5, 0.6) is 0 Å². The lowest BCUT2D eigenvalue weighted by molar-refractivity contribution is 0.0697. The predicted molar refractivity (Wildman–Crippen MR) is 74.5 cm³/mol. The molecule has 5 N–H and O–H groups in total. The number of carbonyl (C=O) groups is 1. The van der Waals surface area contributed by atoms with Crippen LogP contribution in [0.2, 0.25) is 0 Å². The fourth-order valence-electron chi connectivity index (χ4n) is 1.54. The van der Waals surface area contributed by atoms with Gasteiger partial charge in [0.05, 0.1) is 11.8 Å².